The van der Waals surface area contributed by atoms with E-state index in [1.54, 1.807) is 29.2 Å². The van der Waals surface area contributed by atoms with Crippen LogP contribution in [0.25, 0.3) is 10.9 Å². The zero-order valence-corrected chi connectivity index (χ0v) is 16.5. The van der Waals surface area contributed by atoms with Gasteiger partial charge in [0.25, 0.3) is 5.91 Å². The second-order valence-electron chi connectivity index (χ2n) is 6.75. The molecule has 2 heterocycles. The molecule has 0 fully saturated rings. The summed E-state index contributed by atoms with van der Waals surface area (Å²) in [7, 11) is 0. The summed E-state index contributed by atoms with van der Waals surface area (Å²) in [4.78, 5) is 22.6. The quantitative estimate of drug-likeness (QED) is 0.450. The van der Waals surface area contributed by atoms with Gasteiger partial charge in [0.05, 0.1) is 12.6 Å². The van der Waals surface area contributed by atoms with Crippen molar-refractivity contribution in [1.82, 2.24) is 9.88 Å². The Kier molecular flexibility index (Phi) is 4.91. The van der Waals surface area contributed by atoms with E-state index in [0.29, 0.717) is 28.6 Å². The Bertz CT molecular complexity index is 1090. The van der Waals surface area contributed by atoms with E-state index in [2.05, 4.69) is 9.98 Å². The summed E-state index contributed by atoms with van der Waals surface area (Å²) in [6.45, 7) is 0.810. The SMILES string of the molecule is NC(N)=NCC1c2[nH]c3ccc(Cl)cc3c2CCN1C(=O)c1cccc(Cl)c1. The van der Waals surface area contributed by atoms with Gasteiger partial charge in [-0.3, -0.25) is 9.79 Å². The number of nitrogens with two attached hydrogens (primary N) is 2. The Balaban J connectivity index is 1.79. The van der Waals surface area contributed by atoms with Crippen molar-refractivity contribution >= 4 is 46.0 Å². The van der Waals surface area contributed by atoms with Crippen LogP contribution in [-0.2, 0) is 6.42 Å². The number of aliphatic imine (C=N–C) groups is 1. The van der Waals surface area contributed by atoms with Crippen LogP contribution < -0.4 is 11.5 Å². The Labute approximate surface area is 172 Å². The molecule has 1 amide bonds. The van der Waals surface area contributed by atoms with E-state index in [0.717, 1.165) is 22.2 Å². The maximum atomic E-state index is 13.2. The lowest BCUT2D eigenvalue weighted by Gasteiger charge is -2.35. The largest absolute Gasteiger partial charge is 0.370 e. The van der Waals surface area contributed by atoms with Crippen LogP contribution in [0.5, 0.6) is 0 Å². The number of H-pyrrole nitrogens is 1. The molecule has 0 saturated heterocycles. The first kappa shape index (κ1) is 18.7. The number of carbonyl (C=O) groups excluding carboxylic acids is 1. The number of hydrogen-bond acceptors (Lipinski definition) is 2. The lowest BCUT2D eigenvalue weighted by molar-refractivity contribution is 0.0665. The van der Waals surface area contributed by atoms with Crippen molar-refractivity contribution in [2.75, 3.05) is 13.1 Å². The molecule has 5 N–H and O–H groups in total. The Morgan fingerprint density at radius 3 is 2.71 bits per heavy atom. The number of nitrogens with zero attached hydrogens (tertiary/aromatic N) is 2. The molecule has 3 aromatic rings. The third kappa shape index (κ3) is 3.41. The van der Waals surface area contributed by atoms with Crippen molar-refractivity contribution in [2.24, 2.45) is 16.5 Å². The van der Waals surface area contributed by atoms with E-state index in [1.807, 2.05) is 18.2 Å². The Hall–Kier alpha value is -2.70. The van der Waals surface area contributed by atoms with Gasteiger partial charge in [0.1, 0.15) is 0 Å². The maximum absolute atomic E-state index is 13.2. The van der Waals surface area contributed by atoms with Gasteiger partial charge in [-0.25, -0.2) is 0 Å². The Morgan fingerprint density at radius 2 is 1.96 bits per heavy atom. The average Bonchev–Trinajstić information content (AvgIpc) is 3.03. The van der Waals surface area contributed by atoms with Crippen molar-refractivity contribution in [1.29, 1.82) is 0 Å². The van der Waals surface area contributed by atoms with Gasteiger partial charge < -0.3 is 21.4 Å². The number of guanidine groups is 1. The van der Waals surface area contributed by atoms with E-state index in [4.69, 9.17) is 34.7 Å². The molecule has 2 aromatic carbocycles. The molecule has 8 heteroatoms. The number of halogens is 2. The second kappa shape index (κ2) is 7.37. The molecular formula is C20H19Cl2N5O. The fraction of sp³-hybridized carbons (Fsp3) is 0.200. The minimum absolute atomic E-state index is 0.0126. The van der Waals surface area contributed by atoms with Crippen molar-refractivity contribution in [3.63, 3.8) is 0 Å². The van der Waals surface area contributed by atoms with Crippen LogP contribution in [0.1, 0.15) is 27.7 Å². The van der Waals surface area contributed by atoms with Crippen molar-refractivity contribution < 1.29 is 4.79 Å². The third-order valence-electron chi connectivity index (χ3n) is 4.99. The first-order chi connectivity index (χ1) is 13.4. The fourth-order valence-corrected chi connectivity index (χ4v) is 4.11. The lowest BCUT2D eigenvalue weighted by Crippen LogP contribution is -2.42. The number of amides is 1. The van der Waals surface area contributed by atoms with Crippen LogP contribution in [0.3, 0.4) is 0 Å². The molecule has 0 saturated carbocycles. The number of aromatic nitrogens is 1. The predicted octanol–water partition coefficient (Wildman–Crippen LogP) is 3.49. The first-order valence-electron chi connectivity index (χ1n) is 8.86. The number of rotatable bonds is 3. The van der Waals surface area contributed by atoms with Crippen molar-refractivity contribution in [3.8, 4) is 0 Å². The standard InChI is InChI=1S/C20H19Cl2N5O/c21-12-3-1-2-11(8-12)19(28)27-7-6-14-15-9-13(22)4-5-16(15)26-18(14)17(27)10-25-20(23)24/h1-5,8-9,17,26H,6-7,10H2,(H4,23,24,25). The summed E-state index contributed by atoms with van der Waals surface area (Å²) in [5.74, 6) is -0.123. The van der Waals surface area contributed by atoms with E-state index in [9.17, 15) is 4.79 Å². The van der Waals surface area contributed by atoms with Crippen LogP contribution in [0.15, 0.2) is 47.5 Å². The second-order valence-corrected chi connectivity index (χ2v) is 7.62. The fourth-order valence-electron chi connectivity index (χ4n) is 3.75. The number of hydrogen-bond donors (Lipinski definition) is 3. The molecule has 0 bridgehead atoms. The molecule has 1 atom stereocenters. The number of fused-ring (bicyclic) bond motifs is 3. The molecule has 1 unspecified atom stereocenters. The molecule has 0 radical (unpaired) electrons. The monoisotopic (exact) mass is 415 g/mol. The normalized spacial score (nSPS) is 16.1. The highest BCUT2D eigenvalue weighted by Crippen LogP contribution is 2.36. The summed E-state index contributed by atoms with van der Waals surface area (Å²) in [5.41, 5.74) is 14.7. The molecule has 1 aliphatic rings. The molecule has 1 aliphatic heterocycles. The molecule has 144 valence electrons. The first-order valence-corrected chi connectivity index (χ1v) is 9.61. The van der Waals surface area contributed by atoms with E-state index < -0.39 is 0 Å². The molecule has 1 aromatic heterocycles. The smallest absolute Gasteiger partial charge is 0.254 e. The number of nitrogens with one attached hydrogen (secondary N) is 1. The summed E-state index contributed by atoms with van der Waals surface area (Å²) < 4.78 is 0. The summed E-state index contributed by atoms with van der Waals surface area (Å²) in [5, 5.41) is 2.25. The van der Waals surface area contributed by atoms with Gasteiger partial charge >= 0.3 is 0 Å². The molecule has 0 spiro atoms. The van der Waals surface area contributed by atoms with Gasteiger partial charge in [-0.2, -0.15) is 0 Å². The van der Waals surface area contributed by atoms with Crippen LogP contribution in [0.2, 0.25) is 10.0 Å². The van der Waals surface area contributed by atoms with Crippen molar-refractivity contribution in [2.45, 2.75) is 12.5 Å². The minimum atomic E-state index is -0.316. The highest BCUT2D eigenvalue weighted by atomic mass is 35.5. The minimum Gasteiger partial charge on any atom is -0.370 e. The van der Waals surface area contributed by atoms with Crippen LogP contribution in [0.4, 0.5) is 0 Å². The maximum Gasteiger partial charge on any atom is 0.254 e. The van der Waals surface area contributed by atoms with Crippen LogP contribution in [-0.4, -0.2) is 34.8 Å². The van der Waals surface area contributed by atoms with Gasteiger partial charge in [0.2, 0.25) is 0 Å². The Morgan fingerprint density at radius 1 is 1.18 bits per heavy atom. The number of carbonyl (C=O) groups is 1. The van der Waals surface area contributed by atoms with Gasteiger partial charge in [0.15, 0.2) is 5.96 Å². The van der Waals surface area contributed by atoms with Crippen molar-refractivity contribution in [3.05, 3.63) is 69.3 Å². The van der Waals surface area contributed by atoms with Gasteiger partial charge in [-0.1, -0.05) is 29.3 Å². The molecular weight excluding hydrogens is 397 g/mol. The zero-order valence-electron chi connectivity index (χ0n) is 15.0. The molecule has 6 nitrogen and oxygen atoms in total. The zero-order chi connectivity index (χ0) is 19.8. The number of benzene rings is 2. The predicted molar refractivity (Wildman–Crippen MR) is 113 cm³/mol. The molecule has 28 heavy (non-hydrogen) atoms. The highest BCUT2D eigenvalue weighted by molar-refractivity contribution is 6.31. The number of aromatic amines is 1. The molecule has 0 aliphatic carbocycles. The van der Waals surface area contributed by atoms with Gasteiger partial charge in [-0.05, 0) is 48.4 Å². The lowest BCUT2D eigenvalue weighted by atomic mass is 9.96. The van der Waals surface area contributed by atoms with Crippen LogP contribution >= 0.6 is 23.2 Å². The third-order valence-corrected chi connectivity index (χ3v) is 5.46. The van der Waals surface area contributed by atoms with E-state index in [1.165, 1.54) is 0 Å². The summed E-state index contributed by atoms with van der Waals surface area (Å²) in [6, 6.07) is 12.3. The summed E-state index contributed by atoms with van der Waals surface area (Å²) in [6.07, 6.45) is 0.709. The molecule has 4 rings (SSSR count). The highest BCUT2D eigenvalue weighted by Gasteiger charge is 2.33. The average molecular weight is 416 g/mol. The summed E-state index contributed by atoms with van der Waals surface area (Å²) >= 11 is 12.3. The van der Waals surface area contributed by atoms with E-state index >= 15 is 0 Å². The van der Waals surface area contributed by atoms with Gasteiger partial charge in [-0.15, -0.1) is 0 Å². The van der Waals surface area contributed by atoms with Gasteiger partial charge in [0, 0.05) is 38.8 Å². The van der Waals surface area contributed by atoms with Crippen LogP contribution in [0, 0.1) is 0 Å². The topological polar surface area (TPSA) is 100 Å². The van der Waals surface area contributed by atoms with E-state index in [-0.39, 0.29) is 24.5 Å².